The van der Waals surface area contributed by atoms with Crippen molar-refractivity contribution in [2.24, 2.45) is 0 Å². The van der Waals surface area contributed by atoms with Crippen LogP contribution in [0.1, 0.15) is 11.1 Å². The minimum Gasteiger partial charge on any atom is -0.278 e. The molecule has 2 aromatic rings. The highest BCUT2D eigenvalue weighted by molar-refractivity contribution is 9.10. The fourth-order valence-electron chi connectivity index (χ4n) is 1.59. The molecule has 108 valence electrons. The molecule has 0 spiro atoms. The summed E-state index contributed by atoms with van der Waals surface area (Å²) in [5.74, 6) is -0.766. The molecular formula is C13H9BrFN3O2S. The fraction of sp³-hybridized carbons (Fsp3) is 0.0769. The molecule has 0 atom stereocenters. The van der Waals surface area contributed by atoms with Crippen LogP contribution < -0.4 is 4.72 Å². The summed E-state index contributed by atoms with van der Waals surface area (Å²) in [4.78, 5) is 3.79. The van der Waals surface area contributed by atoms with Crippen LogP contribution in [0.4, 0.5) is 10.1 Å². The number of hydrogen-bond acceptors (Lipinski definition) is 4. The van der Waals surface area contributed by atoms with Gasteiger partial charge in [-0.1, -0.05) is 0 Å². The molecule has 0 amide bonds. The first kappa shape index (κ1) is 15.4. The number of rotatable bonds is 3. The first-order valence-corrected chi connectivity index (χ1v) is 7.96. The molecule has 8 heteroatoms. The van der Waals surface area contributed by atoms with Crippen molar-refractivity contribution in [3.8, 4) is 6.07 Å². The van der Waals surface area contributed by atoms with Crippen molar-refractivity contribution >= 4 is 31.6 Å². The van der Waals surface area contributed by atoms with Gasteiger partial charge in [0.25, 0.3) is 10.0 Å². The van der Waals surface area contributed by atoms with Crippen molar-refractivity contribution in [3.63, 3.8) is 0 Å². The van der Waals surface area contributed by atoms with Crippen LogP contribution in [-0.2, 0) is 10.0 Å². The van der Waals surface area contributed by atoms with Gasteiger partial charge in [0.15, 0.2) is 0 Å². The number of aryl methyl sites for hydroxylation is 1. The molecule has 2 rings (SSSR count). The zero-order chi connectivity index (χ0) is 15.6. The zero-order valence-corrected chi connectivity index (χ0v) is 13.2. The molecule has 0 bridgehead atoms. The van der Waals surface area contributed by atoms with Crippen molar-refractivity contribution in [1.82, 2.24) is 4.98 Å². The molecule has 1 N–H and O–H groups in total. The van der Waals surface area contributed by atoms with E-state index in [0.29, 0.717) is 4.60 Å². The third-order valence-electron chi connectivity index (χ3n) is 2.64. The third-order valence-corrected chi connectivity index (χ3v) is 4.84. The molecule has 0 saturated carbocycles. The van der Waals surface area contributed by atoms with Gasteiger partial charge in [-0.15, -0.1) is 0 Å². The van der Waals surface area contributed by atoms with E-state index in [4.69, 9.17) is 5.26 Å². The summed E-state index contributed by atoms with van der Waals surface area (Å²) >= 11 is 3.21. The number of aromatic nitrogens is 1. The Labute approximate surface area is 129 Å². The molecule has 1 aromatic carbocycles. The van der Waals surface area contributed by atoms with Crippen LogP contribution in [0.5, 0.6) is 0 Å². The largest absolute Gasteiger partial charge is 0.278 e. The summed E-state index contributed by atoms with van der Waals surface area (Å²) in [6.45, 7) is 1.76. The number of nitriles is 1. The normalized spacial score (nSPS) is 11.0. The van der Waals surface area contributed by atoms with Crippen LogP contribution in [0, 0.1) is 24.1 Å². The lowest BCUT2D eigenvalue weighted by molar-refractivity contribution is 0.599. The molecule has 0 saturated heterocycles. The van der Waals surface area contributed by atoms with Gasteiger partial charge in [-0.3, -0.25) is 4.72 Å². The highest BCUT2D eigenvalue weighted by atomic mass is 79.9. The lowest BCUT2D eigenvalue weighted by atomic mass is 10.2. The quantitative estimate of drug-likeness (QED) is 0.843. The van der Waals surface area contributed by atoms with E-state index in [-0.39, 0.29) is 16.1 Å². The molecule has 1 aromatic heterocycles. The molecule has 21 heavy (non-hydrogen) atoms. The highest BCUT2D eigenvalue weighted by Crippen LogP contribution is 2.21. The maximum absolute atomic E-state index is 13.2. The number of anilines is 1. The zero-order valence-electron chi connectivity index (χ0n) is 10.8. The maximum atomic E-state index is 13.2. The summed E-state index contributed by atoms with van der Waals surface area (Å²) in [5.41, 5.74) is 0.702. The average molecular weight is 370 g/mol. The van der Waals surface area contributed by atoms with E-state index in [1.165, 1.54) is 6.20 Å². The first-order chi connectivity index (χ1) is 9.83. The smallest absolute Gasteiger partial charge is 0.261 e. The van der Waals surface area contributed by atoms with E-state index in [9.17, 15) is 12.8 Å². The van der Waals surface area contributed by atoms with Crippen LogP contribution in [0.3, 0.4) is 0 Å². The van der Waals surface area contributed by atoms with Crippen LogP contribution in [-0.4, -0.2) is 13.4 Å². The summed E-state index contributed by atoms with van der Waals surface area (Å²) < 4.78 is 40.6. The standard InChI is InChI=1S/C13H9BrFN3O2S/c1-8-4-10(7-17-13(8)14)18-21(19,20)11-2-3-12(15)9(5-11)6-16/h2-5,7,18H,1H3. The van der Waals surface area contributed by atoms with E-state index in [0.717, 1.165) is 23.8 Å². The minimum absolute atomic E-state index is 0.193. The molecule has 0 unspecified atom stereocenters. The predicted octanol–water partition coefficient (Wildman–Crippen LogP) is 2.96. The lowest BCUT2D eigenvalue weighted by Crippen LogP contribution is -2.13. The minimum atomic E-state index is -3.92. The Bertz CT molecular complexity index is 847. The Balaban J connectivity index is 2.38. The van der Waals surface area contributed by atoms with Gasteiger partial charge in [0.2, 0.25) is 0 Å². The number of benzene rings is 1. The van der Waals surface area contributed by atoms with Gasteiger partial charge in [-0.2, -0.15) is 5.26 Å². The van der Waals surface area contributed by atoms with E-state index >= 15 is 0 Å². The highest BCUT2D eigenvalue weighted by Gasteiger charge is 2.17. The van der Waals surface area contributed by atoms with E-state index in [1.807, 2.05) is 0 Å². The first-order valence-electron chi connectivity index (χ1n) is 5.68. The second-order valence-electron chi connectivity index (χ2n) is 4.19. The Hall–Kier alpha value is -1.98. The second-order valence-corrected chi connectivity index (χ2v) is 6.62. The van der Waals surface area contributed by atoms with Crippen molar-refractivity contribution in [1.29, 1.82) is 5.26 Å². The SMILES string of the molecule is Cc1cc(NS(=O)(=O)c2ccc(F)c(C#N)c2)cnc1Br. The molecule has 0 fully saturated rings. The average Bonchev–Trinajstić information content (AvgIpc) is 2.43. The number of sulfonamides is 1. The van der Waals surface area contributed by atoms with Crippen molar-refractivity contribution in [2.45, 2.75) is 11.8 Å². The van der Waals surface area contributed by atoms with Gasteiger partial charge in [-0.05, 0) is 52.7 Å². The van der Waals surface area contributed by atoms with Crippen molar-refractivity contribution in [3.05, 3.63) is 52.0 Å². The molecule has 0 aliphatic carbocycles. The van der Waals surface area contributed by atoms with Crippen LogP contribution in [0.15, 0.2) is 40.0 Å². The third kappa shape index (κ3) is 3.37. The summed E-state index contributed by atoms with van der Waals surface area (Å²) in [7, 11) is -3.92. The molecule has 1 heterocycles. The summed E-state index contributed by atoms with van der Waals surface area (Å²) in [6, 6.07) is 6.22. The van der Waals surface area contributed by atoms with Gasteiger partial charge in [0.1, 0.15) is 16.5 Å². The molecule has 0 aliphatic rings. The molecule has 0 radical (unpaired) electrons. The number of hydrogen-bond donors (Lipinski definition) is 1. The maximum Gasteiger partial charge on any atom is 0.261 e. The fourth-order valence-corrected chi connectivity index (χ4v) is 2.86. The van der Waals surface area contributed by atoms with E-state index in [1.54, 1.807) is 19.1 Å². The number of halogens is 2. The molecule has 0 aliphatic heterocycles. The number of nitrogens with one attached hydrogen (secondary N) is 1. The van der Waals surface area contributed by atoms with E-state index < -0.39 is 15.8 Å². The Morgan fingerprint density at radius 2 is 2.10 bits per heavy atom. The number of pyridine rings is 1. The Morgan fingerprint density at radius 1 is 1.38 bits per heavy atom. The summed E-state index contributed by atoms with van der Waals surface area (Å²) in [6.07, 6.45) is 1.35. The predicted molar refractivity (Wildman–Crippen MR) is 78.6 cm³/mol. The monoisotopic (exact) mass is 369 g/mol. The van der Waals surface area contributed by atoms with Gasteiger partial charge < -0.3 is 0 Å². The molecule has 5 nitrogen and oxygen atoms in total. The second kappa shape index (κ2) is 5.79. The lowest BCUT2D eigenvalue weighted by Gasteiger charge is -2.09. The number of nitrogens with zero attached hydrogens (tertiary/aromatic N) is 2. The topological polar surface area (TPSA) is 82.9 Å². The van der Waals surface area contributed by atoms with Gasteiger partial charge in [0.05, 0.1) is 22.3 Å². The van der Waals surface area contributed by atoms with E-state index in [2.05, 4.69) is 25.6 Å². The van der Waals surface area contributed by atoms with Gasteiger partial charge >= 0.3 is 0 Å². The summed E-state index contributed by atoms with van der Waals surface area (Å²) in [5, 5.41) is 8.74. The van der Waals surface area contributed by atoms with Crippen molar-refractivity contribution in [2.75, 3.05) is 4.72 Å². The molecular weight excluding hydrogens is 361 g/mol. The van der Waals surface area contributed by atoms with Crippen molar-refractivity contribution < 1.29 is 12.8 Å². The van der Waals surface area contributed by atoms with Crippen LogP contribution in [0.2, 0.25) is 0 Å². The van der Waals surface area contributed by atoms with Gasteiger partial charge in [-0.25, -0.2) is 17.8 Å². The Kier molecular flexibility index (Phi) is 4.25. The van der Waals surface area contributed by atoms with Crippen LogP contribution in [0.25, 0.3) is 0 Å². The van der Waals surface area contributed by atoms with Gasteiger partial charge in [0, 0.05) is 0 Å². The Morgan fingerprint density at radius 3 is 2.71 bits per heavy atom. The van der Waals surface area contributed by atoms with Crippen LogP contribution >= 0.6 is 15.9 Å².